The maximum Gasteiger partial charge on any atom is 0.334 e. The van der Waals surface area contributed by atoms with Gasteiger partial charge in [0.1, 0.15) is 0 Å². The van der Waals surface area contributed by atoms with Crippen LogP contribution in [0, 0.1) is 23.7 Å². The minimum absolute atomic E-state index is 0.0855. The van der Waals surface area contributed by atoms with Gasteiger partial charge in [0.15, 0.2) is 0 Å². The molecule has 0 fully saturated rings. The van der Waals surface area contributed by atoms with E-state index in [9.17, 15) is 9.59 Å². The van der Waals surface area contributed by atoms with Crippen molar-refractivity contribution in [3.05, 3.63) is 34.4 Å². The third-order valence-electron chi connectivity index (χ3n) is 5.12. The average molecular weight is 288 g/mol. The number of esters is 2. The molecule has 4 nitrogen and oxygen atoms in total. The maximum absolute atomic E-state index is 12.2. The monoisotopic (exact) mass is 288 g/mol. The average Bonchev–Trinajstić information content (AvgIpc) is 3.10. The van der Waals surface area contributed by atoms with Crippen LogP contribution in [-0.2, 0) is 19.1 Å². The van der Waals surface area contributed by atoms with Crippen LogP contribution in [0.2, 0.25) is 0 Å². The van der Waals surface area contributed by atoms with Gasteiger partial charge in [-0.1, -0.05) is 37.1 Å². The van der Waals surface area contributed by atoms with Crippen LogP contribution in [0.15, 0.2) is 34.4 Å². The summed E-state index contributed by atoms with van der Waals surface area (Å²) in [4.78, 5) is 24.4. The van der Waals surface area contributed by atoms with E-state index in [1.165, 1.54) is 25.4 Å². The van der Waals surface area contributed by atoms with Gasteiger partial charge in [-0.05, 0) is 18.3 Å². The summed E-state index contributed by atoms with van der Waals surface area (Å²) >= 11 is 0. The fourth-order valence-corrected chi connectivity index (χ4v) is 4.30. The van der Waals surface area contributed by atoms with Gasteiger partial charge in [-0.2, -0.15) is 0 Å². The summed E-state index contributed by atoms with van der Waals surface area (Å²) in [6, 6.07) is 0. The minimum atomic E-state index is -0.423. The Morgan fingerprint density at radius 3 is 1.62 bits per heavy atom. The van der Waals surface area contributed by atoms with Crippen LogP contribution in [0.1, 0.15) is 20.3 Å². The third kappa shape index (κ3) is 1.81. The summed E-state index contributed by atoms with van der Waals surface area (Å²) in [5.41, 5.74) is 3.55. The zero-order chi connectivity index (χ0) is 15.3. The van der Waals surface area contributed by atoms with E-state index in [0.29, 0.717) is 23.0 Å². The van der Waals surface area contributed by atoms with Crippen molar-refractivity contribution in [2.45, 2.75) is 20.3 Å². The zero-order valence-electron chi connectivity index (χ0n) is 12.8. The van der Waals surface area contributed by atoms with E-state index in [1.54, 1.807) is 0 Å². The van der Waals surface area contributed by atoms with Gasteiger partial charge in [0.05, 0.1) is 25.4 Å². The Hall–Kier alpha value is -1.84. The molecule has 0 unspecified atom stereocenters. The lowest BCUT2D eigenvalue weighted by atomic mass is 9.70. The molecule has 0 saturated heterocycles. The summed E-state index contributed by atoms with van der Waals surface area (Å²) in [5.74, 6) is -0.209. The van der Waals surface area contributed by atoms with Crippen molar-refractivity contribution in [3.8, 4) is 0 Å². The first-order valence-electron chi connectivity index (χ1n) is 7.34. The Balaban J connectivity index is 2.13. The number of methoxy groups -OCH3 is 2. The normalized spacial score (nSPS) is 33.3. The van der Waals surface area contributed by atoms with Crippen LogP contribution in [-0.4, -0.2) is 26.2 Å². The molecule has 0 heterocycles. The van der Waals surface area contributed by atoms with Crippen molar-refractivity contribution in [1.82, 2.24) is 0 Å². The second kappa shape index (κ2) is 4.86. The van der Waals surface area contributed by atoms with E-state index in [-0.39, 0.29) is 11.8 Å². The molecule has 0 amide bonds. The Kier molecular flexibility index (Phi) is 3.27. The van der Waals surface area contributed by atoms with Crippen molar-refractivity contribution in [2.24, 2.45) is 23.7 Å². The van der Waals surface area contributed by atoms with E-state index in [2.05, 4.69) is 12.2 Å². The Bertz CT molecular complexity index is 558. The smallest absolute Gasteiger partial charge is 0.334 e. The van der Waals surface area contributed by atoms with Gasteiger partial charge >= 0.3 is 11.9 Å². The predicted octanol–water partition coefficient (Wildman–Crippen LogP) is 2.42. The first-order chi connectivity index (χ1) is 10.0. The van der Waals surface area contributed by atoms with Gasteiger partial charge in [0.2, 0.25) is 0 Å². The number of fused-ring (bicyclic) bond motifs is 4. The van der Waals surface area contributed by atoms with Crippen LogP contribution in [0.5, 0.6) is 0 Å². The lowest BCUT2D eigenvalue weighted by molar-refractivity contribution is -0.140. The minimum Gasteiger partial charge on any atom is -0.466 e. The summed E-state index contributed by atoms with van der Waals surface area (Å²) in [5, 5.41) is 0. The molecule has 2 bridgehead atoms. The Morgan fingerprint density at radius 2 is 1.29 bits per heavy atom. The lowest BCUT2D eigenvalue weighted by Gasteiger charge is -2.34. The van der Waals surface area contributed by atoms with Gasteiger partial charge in [-0.25, -0.2) is 9.59 Å². The van der Waals surface area contributed by atoms with Crippen molar-refractivity contribution in [3.63, 3.8) is 0 Å². The number of ether oxygens (including phenoxy) is 2. The van der Waals surface area contributed by atoms with Crippen LogP contribution < -0.4 is 0 Å². The predicted molar refractivity (Wildman–Crippen MR) is 77.1 cm³/mol. The molecule has 0 spiro atoms. The van der Waals surface area contributed by atoms with E-state index in [1.807, 2.05) is 13.8 Å². The van der Waals surface area contributed by atoms with Crippen LogP contribution in [0.25, 0.3) is 0 Å². The number of allylic oxidation sites excluding steroid dienone is 4. The SMILES string of the molecule is COC(=O)C1=C(C(=O)OC)[C@@H](C)C2=C([C@@H]1C)[C@H]1C=C[C@H]2C1. The second-order valence-corrected chi connectivity index (χ2v) is 6.00. The Labute approximate surface area is 124 Å². The molecule has 0 aromatic heterocycles. The van der Waals surface area contributed by atoms with Gasteiger partial charge in [-0.15, -0.1) is 0 Å². The highest BCUT2D eigenvalue weighted by molar-refractivity contribution is 6.02. The molecule has 112 valence electrons. The van der Waals surface area contributed by atoms with Crippen LogP contribution >= 0.6 is 0 Å². The van der Waals surface area contributed by atoms with E-state index in [0.717, 1.165) is 6.42 Å². The molecule has 0 aromatic carbocycles. The lowest BCUT2D eigenvalue weighted by Crippen LogP contribution is -2.31. The first-order valence-corrected chi connectivity index (χ1v) is 7.34. The number of rotatable bonds is 2. The molecule has 3 rings (SSSR count). The standard InChI is InChI=1S/C17H20O4/c1-8-12-10-5-6-11(7-10)13(12)9(2)15(17(19)21-4)14(8)16(18)20-3/h5-6,8-11H,7H2,1-4H3/t8-,9-,10-,11-/m0/s1. The summed E-state index contributed by atoms with van der Waals surface area (Å²) in [7, 11) is 2.71. The van der Waals surface area contributed by atoms with E-state index in [4.69, 9.17) is 9.47 Å². The van der Waals surface area contributed by atoms with Gasteiger partial charge in [-0.3, -0.25) is 0 Å². The van der Waals surface area contributed by atoms with E-state index >= 15 is 0 Å². The molecule has 3 aliphatic carbocycles. The molecular weight excluding hydrogens is 268 g/mol. The molecular formula is C17H20O4. The highest BCUT2D eigenvalue weighted by Gasteiger charge is 2.47. The van der Waals surface area contributed by atoms with Gasteiger partial charge < -0.3 is 9.47 Å². The van der Waals surface area contributed by atoms with Crippen molar-refractivity contribution in [2.75, 3.05) is 14.2 Å². The molecule has 3 aliphatic rings. The molecule has 0 saturated carbocycles. The summed E-state index contributed by atoms with van der Waals surface area (Å²) in [6.45, 7) is 3.98. The van der Waals surface area contributed by atoms with Gasteiger partial charge in [0, 0.05) is 11.8 Å². The first kappa shape index (κ1) is 14.1. The summed E-state index contributed by atoms with van der Waals surface area (Å²) in [6.07, 6.45) is 5.53. The maximum atomic E-state index is 12.2. The van der Waals surface area contributed by atoms with Crippen LogP contribution in [0.4, 0.5) is 0 Å². The highest BCUT2D eigenvalue weighted by atomic mass is 16.5. The number of carbonyl (C=O) groups excluding carboxylic acids is 2. The van der Waals surface area contributed by atoms with Crippen molar-refractivity contribution in [1.29, 1.82) is 0 Å². The largest absolute Gasteiger partial charge is 0.466 e. The van der Waals surface area contributed by atoms with E-state index < -0.39 is 11.9 Å². The number of hydrogen-bond acceptors (Lipinski definition) is 4. The number of hydrogen-bond donors (Lipinski definition) is 0. The fraction of sp³-hybridized carbons (Fsp3) is 0.529. The quantitative estimate of drug-likeness (QED) is 0.578. The zero-order valence-corrected chi connectivity index (χ0v) is 12.8. The second-order valence-electron chi connectivity index (χ2n) is 6.00. The molecule has 0 aromatic rings. The van der Waals surface area contributed by atoms with Crippen molar-refractivity contribution >= 4 is 11.9 Å². The van der Waals surface area contributed by atoms with Crippen molar-refractivity contribution < 1.29 is 19.1 Å². The fourth-order valence-electron chi connectivity index (χ4n) is 4.30. The van der Waals surface area contributed by atoms with Crippen LogP contribution in [0.3, 0.4) is 0 Å². The topological polar surface area (TPSA) is 52.6 Å². The third-order valence-corrected chi connectivity index (χ3v) is 5.12. The molecule has 0 N–H and O–H groups in total. The Morgan fingerprint density at radius 1 is 0.905 bits per heavy atom. The molecule has 0 aliphatic heterocycles. The molecule has 0 radical (unpaired) electrons. The molecule has 4 heteroatoms. The molecule has 21 heavy (non-hydrogen) atoms. The highest BCUT2D eigenvalue weighted by Crippen LogP contribution is 2.55. The van der Waals surface area contributed by atoms with Gasteiger partial charge in [0.25, 0.3) is 0 Å². The summed E-state index contributed by atoms with van der Waals surface area (Å²) < 4.78 is 9.83. The number of carbonyl (C=O) groups is 2. The molecule has 4 atom stereocenters.